The molecule has 2 atom stereocenters. The van der Waals surface area contributed by atoms with Crippen LogP contribution in [0.25, 0.3) is 0 Å². The van der Waals surface area contributed by atoms with E-state index in [0.29, 0.717) is 13.2 Å². The average molecular weight is 269 g/mol. The standard InChI is InChI=1S/C14H23NO4/c1-13(2,3)19-12(16)15-10(9-18-14(15,4)5)11-7-6-8-17-11/h6-7,10-11H,8-9H2,1-5H3/t10-,11+/m0/s1. The number of hydrogen-bond acceptors (Lipinski definition) is 4. The van der Waals surface area contributed by atoms with Crippen molar-refractivity contribution in [2.45, 2.75) is 58.1 Å². The second-order valence-electron chi connectivity index (χ2n) is 6.40. The largest absolute Gasteiger partial charge is 0.444 e. The lowest BCUT2D eigenvalue weighted by atomic mass is 10.1. The van der Waals surface area contributed by atoms with Crippen LogP contribution in [0.5, 0.6) is 0 Å². The first-order chi connectivity index (χ1) is 8.71. The van der Waals surface area contributed by atoms with E-state index in [4.69, 9.17) is 14.2 Å². The molecule has 0 saturated carbocycles. The average Bonchev–Trinajstić information content (AvgIpc) is 2.81. The normalized spacial score (nSPS) is 29.8. The summed E-state index contributed by atoms with van der Waals surface area (Å²) in [5.41, 5.74) is -1.19. The summed E-state index contributed by atoms with van der Waals surface area (Å²) in [6.45, 7) is 10.4. The van der Waals surface area contributed by atoms with Crippen molar-refractivity contribution in [2.75, 3.05) is 13.2 Å². The van der Waals surface area contributed by atoms with Crippen molar-refractivity contribution in [1.82, 2.24) is 4.90 Å². The molecule has 0 radical (unpaired) electrons. The minimum atomic E-state index is -0.674. The third-order valence-corrected chi connectivity index (χ3v) is 3.20. The Kier molecular flexibility index (Phi) is 3.62. The Morgan fingerprint density at radius 1 is 1.42 bits per heavy atom. The first kappa shape index (κ1) is 14.3. The van der Waals surface area contributed by atoms with E-state index >= 15 is 0 Å². The van der Waals surface area contributed by atoms with Gasteiger partial charge < -0.3 is 14.2 Å². The highest BCUT2D eigenvalue weighted by atomic mass is 16.6. The van der Waals surface area contributed by atoms with E-state index in [1.54, 1.807) is 4.90 Å². The maximum atomic E-state index is 12.4. The van der Waals surface area contributed by atoms with Crippen molar-refractivity contribution >= 4 is 6.09 Å². The molecular formula is C14H23NO4. The van der Waals surface area contributed by atoms with Crippen molar-refractivity contribution < 1.29 is 19.0 Å². The van der Waals surface area contributed by atoms with Gasteiger partial charge in [-0.2, -0.15) is 0 Å². The lowest BCUT2D eigenvalue weighted by molar-refractivity contribution is -0.0674. The van der Waals surface area contributed by atoms with Gasteiger partial charge >= 0.3 is 6.09 Å². The maximum Gasteiger partial charge on any atom is 0.413 e. The van der Waals surface area contributed by atoms with Gasteiger partial charge in [0, 0.05) is 0 Å². The molecule has 19 heavy (non-hydrogen) atoms. The molecule has 5 heteroatoms. The lowest BCUT2D eigenvalue weighted by Crippen LogP contribution is -2.53. The van der Waals surface area contributed by atoms with E-state index in [9.17, 15) is 4.79 Å². The van der Waals surface area contributed by atoms with Crippen LogP contribution in [-0.2, 0) is 14.2 Å². The second kappa shape index (κ2) is 4.80. The molecule has 108 valence electrons. The van der Waals surface area contributed by atoms with Crippen LogP contribution in [0, 0.1) is 0 Å². The SMILES string of the molecule is CC(C)(C)OC(=O)N1[C@H]([C@H]2C=CCO2)COC1(C)C. The Morgan fingerprint density at radius 3 is 2.63 bits per heavy atom. The summed E-state index contributed by atoms with van der Waals surface area (Å²) in [6, 6.07) is -0.136. The highest BCUT2D eigenvalue weighted by Gasteiger charge is 2.48. The van der Waals surface area contributed by atoms with Crippen LogP contribution in [0.4, 0.5) is 4.79 Å². The molecule has 1 fully saturated rings. The Hall–Kier alpha value is -1.07. The van der Waals surface area contributed by atoms with Gasteiger partial charge in [-0.1, -0.05) is 12.2 Å². The predicted molar refractivity (Wildman–Crippen MR) is 70.8 cm³/mol. The van der Waals surface area contributed by atoms with Gasteiger partial charge in [0.1, 0.15) is 11.3 Å². The van der Waals surface area contributed by atoms with Gasteiger partial charge in [-0.15, -0.1) is 0 Å². The van der Waals surface area contributed by atoms with Crippen LogP contribution >= 0.6 is 0 Å². The molecule has 0 N–H and O–H groups in total. The highest BCUT2D eigenvalue weighted by Crippen LogP contribution is 2.32. The summed E-state index contributed by atoms with van der Waals surface area (Å²) in [5.74, 6) is 0. The number of hydrogen-bond donors (Lipinski definition) is 0. The van der Waals surface area contributed by atoms with E-state index in [-0.39, 0.29) is 18.2 Å². The smallest absolute Gasteiger partial charge is 0.413 e. The van der Waals surface area contributed by atoms with Crippen molar-refractivity contribution in [1.29, 1.82) is 0 Å². The molecule has 1 saturated heterocycles. The third kappa shape index (κ3) is 3.09. The van der Waals surface area contributed by atoms with Crippen molar-refractivity contribution in [3.05, 3.63) is 12.2 Å². The number of nitrogens with zero attached hydrogens (tertiary/aromatic N) is 1. The topological polar surface area (TPSA) is 48.0 Å². The van der Waals surface area contributed by atoms with E-state index in [2.05, 4.69) is 0 Å². The van der Waals surface area contributed by atoms with Crippen LogP contribution in [0.2, 0.25) is 0 Å². The van der Waals surface area contributed by atoms with E-state index < -0.39 is 11.3 Å². The third-order valence-electron chi connectivity index (χ3n) is 3.20. The Bertz CT molecular complexity index is 383. The number of carbonyl (C=O) groups is 1. The van der Waals surface area contributed by atoms with Gasteiger partial charge in [-0.05, 0) is 34.6 Å². The van der Waals surface area contributed by atoms with Gasteiger partial charge in [-0.3, -0.25) is 4.90 Å². The fourth-order valence-electron chi connectivity index (χ4n) is 2.39. The number of rotatable bonds is 1. The molecule has 2 aliphatic heterocycles. The van der Waals surface area contributed by atoms with Crippen LogP contribution in [0.15, 0.2) is 12.2 Å². The first-order valence-corrected chi connectivity index (χ1v) is 6.65. The molecule has 0 spiro atoms. The minimum Gasteiger partial charge on any atom is -0.444 e. The summed E-state index contributed by atoms with van der Waals surface area (Å²) in [4.78, 5) is 14.0. The lowest BCUT2D eigenvalue weighted by Gasteiger charge is -2.36. The van der Waals surface area contributed by atoms with Gasteiger partial charge in [0.2, 0.25) is 0 Å². The zero-order valence-electron chi connectivity index (χ0n) is 12.3. The van der Waals surface area contributed by atoms with E-state index in [0.717, 1.165) is 0 Å². The molecule has 2 aliphatic rings. The highest BCUT2D eigenvalue weighted by molar-refractivity contribution is 5.70. The summed E-state index contributed by atoms with van der Waals surface area (Å²) < 4.78 is 16.8. The number of ether oxygens (including phenoxy) is 3. The number of amides is 1. The summed E-state index contributed by atoms with van der Waals surface area (Å²) in [7, 11) is 0. The van der Waals surface area contributed by atoms with Crippen molar-refractivity contribution in [3.63, 3.8) is 0 Å². The molecule has 0 aliphatic carbocycles. The minimum absolute atomic E-state index is 0.116. The monoisotopic (exact) mass is 269 g/mol. The Morgan fingerprint density at radius 2 is 2.11 bits per heavy atom. The van der Waals surface area contributed by atoms with E-state index in [1.165, 1.54) is 0 Å². The van der Waals surface area contributed by atoms with Crippen LogP contribution < -0.4 is 0 Å². The van der Waals surface area contributed by atoms with Gasteiger partial charge in [0.05, 0.1) is 25.4 Å². The summed E-state index contributed by atoms with van der Waals surface area (Å²) >= 11 is 0. The second-order valence-corrected chi connectivity index (χ2v) is 6.40. The summed E-state index contributed by atoms with van der Waals surface area (Å²) in [5, 5.41) is 0. The molecule has 2 rings (SSSR count). The fraction of sp³-hybridized carbons (Fsp3) is 0.786. The van der Waals surface area contributed by atoms with Gasteiger partial charge in [0.25, 0.3) is 0 Å². The number of carbonyl (C=O) groups excluding carboxylic acids is 1. The zero-order chi connectivity index (χ0) is 14.3. The van der Waals surface area contributed by atoms with Crippen LogP contribution in [0.3, 0.4) is 0 Å². The molecule has 5 nitrogen and oxygen atoms in total. The molecule has 0 aromatic rings. The van der Waals surface area contributed by atoms with Crippen LogP contribution in [0.1, 0.15) is 34.6 Å². The predicted octanol–water partition coefficient (Wildman–Crippen LogP) is 2.31. The fourth-order valence-corrected chi connectivity index (χ4v) is 2.39. The molecular weight excluding hydrogens is 246 g/mol. The van der Waals surface area contributed by atoms with Gasteiger partial charge in [0.15, 0.2) is 0 Å². The molecule has 0 unspecified atom stereocenters. The van der Waals surface area contributed by atoms with Gasteiger partial charge in [-0.25, -0.2) is 4.79 Å². The molecule has 0 bridgehead atoms. The Labute approximate surface area is 114 Å². The van der Waals surface area contributed by atoms with Crippen molar-refractivity contribution in [2.24, 2.45) is 0 Å². The molecule has 1 amide bonds. The zero-order valence-corrected chi connectivity index (χ0v) is 12.3. The summed E-state index contributed by atoms with van der Waals surface area (Å²) in [6.07, 6.45) is 3.47. The van der Waals surface area contributed by atoms with Crippen molar-refractivity contribution in [3.8, 4) is 0 Å². The maximum absolute atomic E-state index is 12.4. The molecule has 0 aromatic carbocycles. The Balaban J connectivity index is 2.16. The van der Waals surface area contributed by atoms with Crippen LogP contribution in [-0.4, -0.2) is 47.7 Å². The quantitative estimate of drug-likeness (QED) is 0.685. The molecule has 2 heterocycles. The van der Waals surface area contributed by atoms with E-state index in [1.807, 2.05) is 46.8 Å². The first-order valence-electron chi connectivity index (χ1n) is 6.65. The molecule has 0 aromatic heterocycles.